The molecule has 2 aromatic heterocycles. The smallest absolute Gasteiger partial charge is 0.330 e. The number of para-hydroxylation sites is 1. The summed E-state index contributed by atoms with van der Waals surface area (Å²) >= 11 is 0. The van der Waals surface area contributed by atoms with Gasteiger partial charge in [0.1, 0.15) is 11.3 Å². The molecule has 3 rings (SSSR count). The van der Waals surface area contributed by atoms with Gasteiger partial charge in [0.2, 0.25) is 12.8 Å². The van der Waals surface area contributed by atoms with Crippen molar-refractivity contribution in [3.8, 4) is 0 Å². The monoisotopic (exact) mass is 680 g/mol. The lowest BCUT2D eigenvalue weighted by molar-refractivity contribution is -0.134. The fourth-order valence-corrected chi connectivity index (χ4v) is 5.17. The molecule has 3 amide bonds. The molecule has 1 aromatic carbocycles. The highest BCUT2D eigenvalue weighted by molar-refractivity contribution is 5.99. The van der Waals surface area contributed by atoms with Crippen molar-refractivity contribution >= 4 is 41.4 Å². The number of amides is 3. The number of fused-ring (bicyclic) bond motifs is 1. The van der Waals surface area contributed by atoms with Crippen LogP contribution in [-0.4, -0.2) is 48.5 Å². The van der Waals surface area contributed by atoms with Crippen molar-refractivity contribution in [2.75, 3.05) is 12.4 Å². The van der Waals surface area contributed by atoms with Crippen LogP contribution in [0, 0.1) is 18.3 Å². The number of anilines is 1. The predicted octanol–water partition coefficient (Wildman–Crippen LogP) is 6.78. The minimum absolute atomic E-state index is 0.0302. The van der Waals surface area contributed by atoms with Crippen molar-refractivity contribution in [3.63, 3.8) is 0 Å². The predicted molar refractivity (Wildman–Crippen MR) is 195 cm³/mol. The molecule has 270 valence electrons. The number of aromatic nitrogens is 1. The van der Waals surface area contributed by atoms with Gasteiger partial charge in [-0.15, -0.1) is 0 Å². The van der Waals surface area contributed by atoms with Crippen LogP contribution in [0.25, 0.3) is 11.0 Å². The molecule has 11 nitrogen and oxygen atoms in total. The summed E-state index contributed by atoms with van der Waals surface area (Å²) in [6.07, 6.45) is 11.0. The summed E-state index contributed by atoms with van der Waals surface area (Å²) in [5, 5.41) is 9.03. The number of ether oxygens (including phenoxy) is 1. The van der Waals surface area contributed by atoms with Gasteiger partial charge in [-0.1, -0.05) is 64.8 Å². The largest absolute Gasteiger partial charge is 0.466 e. The SMILES string of the molecule is CCCC(CC(C)NC=O)C(C)(C)C.CCn1cccc(NC=O)c1=O.COC(=O)/C=C/CC[C@@H](C)NC(=O)c1oc2ccccc2c1C. The maximum atomic E-state index is 12.3. The number of hydrogen-bond donors (Lipinski definition) is 3. The highest BCUT2D eigenvalue weighted by Crippen LogP contribution is 2.33. The third-order valence-corrected chi connectivity index (χ3v) is 8.08. The van der Waals surface area contributed by atoms with E-state index in [0.29, 0.717) is 53.8 Å². The molecule has 0 saturated carbocycles. The Morgan fingerprint density at radius 3 is 2.27 bits per heavy atom. The number of aryl methyl sites for hydroxylation is 2. The number of carbonyl (C=O) groups is 4. The number of hydrogen-bond acceptors (Lipinski definition) is 7. The summed E-state index contributed by atoms with van der Waals surface area (Å²) < 4.78 is 11.7. The first-order valence-electron chi connectivity index (χ1n) is 16.9. The Hall–Kier alpha value is -4.67. The minimum atomic E-state index is -0.375. The van der Waals surface area contributed by atoms with E-state index >= 15 is 0 Å². The lowest BCUT2D eigenvalue weighted by Gasteiger charge is -2.32. The Morgan fingerprint density at radius 2 is 1.69 bits per heavy atom. The molecule has 2 heterocycles. The second kappa shape index (κ2) is 22.1. The first kappa shape index (κ1) is 42.4. The van der Waals surface area contributed by atoms with Crippen LogP contribution in [-0.2, 0) is 25.7 Å². The normalized spacial score (nSPS) is 12.8. The molecule has 2 unspecified atom stereocenters. The topological polar surface area (TPSA) is 149 Å². The van der Waals surface area contributed by atoms with E-state index in [0.717, 1.165) is 30.2 Å². The Kier molecular flexibility index (Phi) is 19.1. The molecule has 3 N–H and O–H groups in total. The summed E-state index contributed by atoms with van der Waals surface area (Å²) in [4.78, 5) is 55.0. The number of methoxy groups -OCH3 is 1. The molecule has 0 saturated heterocycles. The van der Waals surface area contributed by atoms with Crippen LogP contribution < -0.4 is 21.5 Å². The molecule has 0 radical (unpaired) electrons. The molecule has 49 heavy (non-hydrogen) atoms. The van der Waals surface area contributed by atoms with Crippen LogP contribution in [0.5, 0.6) is 0 Å². The van der Waals surface area contributed by atoms with E-state index < -0.39 is 0 Å². The quantitative estimate of drug-likeness (QED) is 0.0910. The molecule has 0 bridgehead atoms. The summed E-state index contributed by atoms with van der Waals surface area (Å²) in [6, 6.07) is 11.1. The fraction of sp³-hybridized carbons (Fsp3) is 0.500. The zero-order chi connectivity index (χ0) is 37.0. The van der Waals surface area contributed by atoms with Crippen LogP contribution in [0.15, 0.2) is 64.0 Å². The van der Waals surface area contributed by atoms with Crippen molar-refractivity contribution in [2.45, 2.75) is 106 Å². The van der Waals surface area contributed by atoms with Gasteiger partial charge in [-0.3, -0.25) is 19.2 Å². The standard InChI is InChI=1S/C18H21NO4.C12H25NO.C8H10N2O2/c1-12(8-4-7-11-16(20)22-3)19-18(21)17-13(2)14-9-5-6-10-15(14)23-17;1-6-7-11(12(3,4)5)8-10(2)13-9-14;1-2-10-5-3-4-7(8(10)12)9-6-11/h5-7,9-12H,4,8H2,1-3H3,(H,19,21);9-11H,6-8H2,1-5H3,(H,13,14);3-6H,2H2,1H3,(H,9,11)/b11-7+;;/t12-;;/m1../s1. The Balaban J connectivity index is 0.000000397. The Labute approximate surface area is 290 Å². The van der Waals surface area contributed by atoms with E-state index in [1.54, 1.807) is 24.4 Å². The van der Waals surface area contributed by atoms with Gasteiger partial charge in [0.15, 0.2) is 5.76 Å². The molecule has 3 atom stereocenters. The molecule has 0 aliphatic rings. The molecule has 11 heteroatoms. The minimum Gasteiger partial charge on any atom is -0.466 e. The number of rotatable bonds is 15. The number of pyridine rings is 1. The second-order valence-corrected chi connectivity index (χ2v) is 13.0. The van der Waals surface area contributed by atoms with E-state index in [1.165, 1.54) is 30.6 Å². The van der Waals surface area contributed by atoms with Crippen molar-refractivity contribution < 1.29 is 28.3 Å². The molecule has 0 fully saturated rings. The van der Waals surface area contributed by atoms with Crippen molar-refractivity contribution in [2.24, 2.45) is 11.3 Å². The third-order valence-electron chi connectivity index (χ3n) is 8.08. The molecule has 3 aromatic rings. The van der Waals surface area contributed by atoms with E-state index in [1.807, 2.05) is 45.0 Å². The maximum Gasteiger partial charge on any atom is 0.330 e. The highest BCUT2D eigenvalue weighted by atomic mass is 16.5. The number of nitrogens with zero attached hydrogens (tertiary/aromatic N) is 1. The van der Waals surface area contributed by atoms with E-state index in [9.17, 15) is 24.0 Å². The van der Waals surface area contributed by atoms with Gasteiger partial charge >= 0.3 is 5.97 Å². The van der Waals surface area contributed by atoms with Gasteiger partial charge < -0.3 is 29.7 Å². The van der Waals surface area contributed by atoms with Crippen LogP contribution in [0.3, 0.4) is 0 Å². The Morgan fingerprint density at radius 1 is 1.00 bits per heavy atom. The van der Waals surface area contributed by atoms with Crippen LogP contribution in [0.4, 0.5) is 5.69 Å². The lowest BCUT2D eigenvalue weighted by Crippen LogP contribution is -2.32. The average molecular weight is 681 g/mol. The molecular formula is C38H56N4O7. The van der Waals surface area contributed by atoms with Crippen molar-refractivity contribution in [1.29, 1.82) is 0 Å². The number of benzene rings is 1. The molecule has 0 aliphatic carbocycles. The van der Waals surface area contributed by atoms with E-state index in [4.69, 9.17) is 4.42 Å². The van der Waals surface area contributed by atoms with Gasteiger partial charge in [-0.25, -0.2) is 4.79 Å². The number of allylic oxidation sites excluding steroid dienone is 1. The maximum absolute atomic E-state index is 12.3. The summed E-state index contributed by atoms with van der Waals surface area (Å²) in [5.41, 5.74) is 2.04. The van der Waals surface area contributed by atoms with Crippen LogP contribution in [0.1, 0.15) is 96.7 Å². The van der Waals surface area contributed by atoms with Gasteiger partial charge in [0, 0.05) is 41.9 Å². The molecule has 0 aliphatic heterocycles. The van der Waals surface area contributed by atoms with Gasteiger partial charge in [0.25, 0.3) is 11.5 Å². The van der Waals surface area contributed by atoms with Crippen LogP contribution in [0.2, 0.25) is 0 Å². The second-order valence-electron chi connectivity index (χ2n) is 13.0. The number of carbonyl (C=O) groups excluding carboxylic acids is 4. The number of esters is 1. The van der Waals surface area contributed by atoms with E-state index in [-0.39, 0.29) is 23.5 Å². The average Bonchev–Trinajstić information content (AvgIpc) is 3.40. The molecular weight excluding hydrogens is 624 g/mol. The zero-order valence-corrected chi connectivity index (χ0v) is 30.6. The van der Waals surface area contributed by atoms with Crippen molar-refractivity contribution in [1.82, 2.24) is 15.2 Å². The lowest BCUT2D eigenvalue weighted by atomic mass is 9.75. The van der Waals surface area contributed by atoms with Crippen molar-refractivity contribution in [3.05, 3.63) is 76.4 Å². The third kappa shape index (κ3) is 15.0. The Bertz CT molecular complexity index is 1550. The van der Waals surface area contributed by atoms with Crippen LogP contribution >= 0.6 is 0 Å². The van der Waals surface area contributed by atoms with Gasteiger partial charge in [0.05, 0.1) is 7.11 Å². The summed E-state index contributed by atoms with van der Waals surface area (Å²) in [7, 11) is 1.34. The number of furan rings is 1. The number of nitrogens with one attached hydrogen (secondary N) is 3. The zero-order valence-electron chi connectivity index (χ0n) is 30.6. The van der Waals surface area contributed by atoms with E-state index in [2.05, 4.69) is 55.3 Å². The highest BCUT2D eigenvalue weighted by Gasteiger charge is 2.25. The fourth-order valence-electron chi connectivity index (χ4n) is 5.17. The summed E-state index contributed by atoms with van der Waals surface area (Å²) in [6.45, 7) is 17.4. The van der Waals surface area contributed by atoms with Gasteiger partial charge in [-0.05, 0) is 76.5 Å². The first-order valence-corrected chi connectivity index (χ1v) is 16.9. The molecule has 0 spiro atoms. The van der Waals surface area contributed by atoms with Gasteiger partial charge in [-0.2, -0.15) is 0 Å². The first-order chi connectivity index (χ1) is 23.2. The summed E-state index contributed by atoms with van der Waals surface area (Å²) in [5.74, 6) is 0.445.